The maximum Gasteiger partial charge on any atom is 0.179 e. The van der Waals surface area contributed by atoms with E-state index in [1.807, 2.05) is 6.07 Å². The Morgan fingerprint density at radius 3 is 1.51 bits per heavy atom. The van der Waals surface area contributed by atoms with Crippen LogP contribution in [-0.4, -0.2) is 8.07 Å². The van der Waals surface area contributed by atoms with E-state index in [0.717, 1.165) is 49.8 Å². The van der Waals surface area contributed by atoms with Crippen LogP contribution >= 0.6 is 0 Å². The van der Waals surface area contributed by atoms with Crippen LogP contribution < -0.4 is 25.6 Å². The van der Waals surface area contributed by atoms with Gasteiger partial charge in [0, 0.05) is 32.9 Å². The quantitative estimate of drug-likeness (QED) is 0.0918. The van der Waals surface area contributed by atoms with Crippen LogP contribution in [0.5, 0.6) is 0 Å². The molecule has 11 rings (SSSR count). The van der Waals surface area contributed by atoms with Crippen molar-refractivity contribution in [3.63, 3.8) is 0 Å². The fourth-order valence-corrected chi connectivity index (χ4v) is 14.0. The van der Waals surface area contributed by atoms with Gasteiger partial charge in [-0.1, -0.05) is 182 Å². The first kappa shape index (κ1) is 33.2. The van der Waals surface area contributed by atoms with Crippen LogP contribution in [0.3, 0.4) is 0 Å². The van der Waals surface area contributed by atoms with Gasteiger partial charge in [0.05, 0.1) is 5.69 Å². The predicted molar refractivity (Wildman–Crippen MR) is 245 cm³/mol. The SMILES string of the molecule is c1ccc([Si](c2ccccc2)(c2ccccc2)c2ccc(N(c3ccc4c(ccc5ccccc54)c3)c3cccc4c3ccc3c5ccccc5oc43)cc2)cc1. The van der Waals surface area contributed by atoms with E-state index < -0.39 is 8.07 Å². The normalized spacial score (nSPS) is 11.9. The molecule has 0 bridgehead atoms. The molecule has 3 heteroatoms. The summed E-state index contributed by atoms with van der Waals surface area (Å²) < 4.78 is 6.58. The molecular formula is C54H37NOSi. The van der Waals surface area contributed by atoms with Gasteiger partial charge >= 0.3 is 0 Å². The van der Waals surface area contributed by atoms with E-state index in [-0.39, 0.29) is 0 Å². The number of rotatable bonds is 7. The van der Waals surface area contributed by atoms with Crippen molar-refractivity contribution in [3.05, 3.63) is 224 Å². The lowest BCUT2D eigenvalue weighted by Crippen LogP contribution is -2.74. The maximum absolute atomic E-state index is 6.58. The van der Waals surface area contributed by atoms with Crippen LogP contribution in [0.15, 0.2) is 229 Å². The van der Waals surface area contributed by atoms with Crippen LogP contribution in [0.1, 0.15) is 0 Å². The van der Waals surface area contributed by atoms with Crippen molar-refractivity contribution in [1.29, 1.82) is 0 Å². The summed E-state index contributed by atoms with van der Waals surface area (Å²) in [5.74, 6) is 0. The number of fused-ring (bicyclic) bond motifs is 8. The number of hydrogen-bond acceptors (Lipinski definition) is 2. The van der Waals surface area contributed by atoms with Gasteiger partial charge in [-0.2, -0.15) is 0 Å². The summed E-state index contributed by atoms with van der Waals surface area (Å²) in [6.45, 7) is 0. The molecule has 2 nitrogen and oxygen atoms in total. The summed E-state index contributed by atoms with van der Waals surface area (Å²) in [4.78, 5) is 2.42. The molecule has 0 unspecified atom stereocenters. The smallest absolute Gasteiger partial charge is 0.179 e. The van der Waals surface area contributed by atoms with Crippen molar-refractivity contribution in [2.45, 2.75) is 0 Å². The van der Waals surface area contributed by atoms with Crippen LogP contribution in [0.2, 0.25) is 0 Å². The zero-order chi connectivity index (χ0) is 37.8. The molecule has 0 radical (unpaired) electrons. The topological polar surface area (TPSA) is 16.4 Å². The number of anilines is 3. The Morgan fingerprint density at radius 1 is 0.316 bits per heavy atom. The fraction of sp³-hybridized carbons (Fsp3) is 0. The van der Waals surface area contributed by atoms with Crippen molar-refractivity contribution in [3.8, 4) is 0 Å². The van der Waals surface area contributed by atoms with Crippen molar-refractivity contribution < 1.29 is 4.42 Å². The second kappa shape index (κ2) is 13.5. The van der Waals surface area contributed by atoms with Gasteiger partial charge in [-0.25, -0.2) is 0 Å². The van der Waals surface area contributed by atoms with Gasteiger partial charge in [-0.05, 0) is 84.8 Å². The number of nitrogens with zero attached hydrogens (tertiary/aromatic N) is 1. The van der Waals surface area contributed by atoms with Crippen LogP contribution in [-0.2, 0) is 0 Å². The largest absolute Gasteiger partial charge is 0.455 e. The molecule has 57 heavy (non-hydrogen) atoms. The Labute approximate surface area is 332 Å². The molecular weight excluding hydrogens is 707 g/mol. The summed E-state index contributed by atoms with van der Waals surface area (Å²) >= 11 is 0. The molecule has 0 aliphatic carbocycles. The highest BCUT2D eigenvalue weighted by atomic mass is 28.3. The lowest BCUT2D eigenvalue weighted by Gasteiger charge is -2.35. The summed E-state index contributed by atoms with van der Waals surface area (Å²) in [5, 5.41) is 14.9. The minimum atomic E-state index is -2.70. The molecule has 0 atom stereocenters. The molecule has 0 spiro atoms. The third-order valence-electron chi connectivity index (χ3n) is 11.8. The first-order chi connectivity index (χ1) is 28.3. The first-order valence-electron chi connectivity index (χ1n) is 19.6. The number of benzene rings is 10. The van der Waals surface area contributed by atoms with E-state index in [2.05, 4.69) is 223 Å². The first-order valence-corrected chi connectivity index (χ1v) is 21.6. The zero-order valence-corrected chi connectivity index (χ0v) is 32.2. The van der Waals surface area contributed by atoms with Gasteiger partial charge in [0.1, 0.15) is 11.2 Å². The summed E-state index contributed by atoms with van der Waals surface area (Å²) in [5.41, 5.74) is 5.11. The molecule has 268 valence electrons. The maximum atomic E-state index is 6.58. The third kappa shape index (κ3) is 5.31. The average Bonchev–Trinajstić information content (AvgIpc) is 3.68. The van der Waals surface area contributed by atoms with Crippen molar-refractivity contribution in [1.82, 2.24) is 0 Å². The number of hydrogen-bond donors (Lipinski definition) is 0. The van der Waals surface area contributed by atoms with E-state index in [1.165, 1.54) is 42.3 Å². The monoisotopic (exact) mass is 743 g/mol. The number of para-hydroxylation sites is 1. The van der Waals surface area contributed by atoms with Gasteiger partial charge in [-0.15, -0.1) is 0 Å². The van der Waals surface area contributed by atoms with Gasteiger partial charge in [0.25, 0.3) is 0 Å². The molecule has 10 aromatic carbocycles. The van der Waals surface area contributed by atoms with Crippen LogP contribution in [0, 0.1) is 0 Å². The van der Waals surface area contributed by atoms with E-state index in [0.29, 0.717) is 0 Å². The van der Waals surface area contributed by atoms with E-state index >= 15 is 0 Å². The van der Waals surface area contributed by atoms with E-state index in [1.54, 1.807) is 0 Å². The Kier molecular flexibility index (Phi) is 7.87. The molecule has 0 saturated carbocycles. The Bertz CT molecular complexity index is 3130. The molecule has 11 aromatic rings. The van der Waals surface area contributed by atoms with E-state index in [9.17, 15) is 0 Å². The fourth-order valence-electron chi connectivity index (χ4n) is 9.21. The highest BCUT2D eigenvalue weighted by Gasteiger charge is 2.41. The lowest BCUT2D eigenvalue weighted by atomic mass is 10.00. The molecule has 0 saturated heterocycles. The summed E-state index contributed by atoms with van der Waals surface area (Å²) in [7, 11) is -2.70. The molecule has 0 fully saturated rings. The minimum Gasteiger partial charge on any atom is -0.455 e. The van der Waals surface area contributed by atoms with Crippen LogP contribution in [0.4, 0.5) is 17.1 Å². The predicted octanol–water partition coefficient (Wildman–Crippen LogP) is 11.9. The average molecular weight is 744 g/mol. The van der Waals surface area contributed by atoms with Gasteiger partial charge in [0.2, 0.25) is 0 Å². The standard InChI is InChI=1S/C54H37NOSi/c1-4-16-42(17-5-1)57(43-18-6-2-7-19-43,44-20-8-3-9-21-44)45-32-29-40(30-33-45)55(41-31-34-47-39(37-41)28-27-38-15-10-11-22-46(38)47)52-25-14-24-50-48(52)35-36-51-49-23-12-13-26-53(49)56-54(50)51/h1-37H. The Hall–Kier alpha value is -7.20. The lowest BCUT2D eigenvalue weighted by molar-refractivity contribution is 0.672. The van der Waals surface area contributed by atoms with Gasteiger partial charge < -0.3 is 9.32 Å². The van der Waals surface area contributed by atoms with E-state index in [4.69, 9.17) is 4.42 Å². The molecule has 1 heterocycles. The second-order valence-corrected chi connectivity index (χ2v) is 18.6. The molecule has 0 aliphatic rings. The molecule has 1 aromatic heterocycles. The molecule has 0 N–H and O–H groups in total. The summed E-state index contributed by atoms with van der Waals surface area (Å²) in [6, 6.07) is 82.2. The molecule has 0 aliphatic heterocycles. The molecule has 0 amide bonds. The van der Waals surface area contributed by atoms with Crippen molar-refractivity contribution >= 4 is 100 Å². The van der Waals surface area contributed by atoms with Crippen molar-refractivity contribution in [2.24, 2.45) is 0 Å². The van der Waals surface area contributed by atoms with Crippen LogP contribution in [0.25, 0.3) is 54.3 Å². The zero-order valence-electron chi connectivity index (χ0n) is 31.2. The summed E-state index contributed by atoms with van der Waals surface area (Å²) in [6.07, 6.45) is 0. The van der Waals surface area contributed by atoms with Gasteiger partial charge in [-0.3, -0.25) is 0 Å². The highest BCUT2D eigenvalue weighted by molar-refractivity contribution is 7.19. The number of furan rings is 1. The Morgan fingerprint density at radius 2 is 0.807 bits per heavy atom. The highest BCUT2D eigenvalue weighted by Crippen LogP contribution is 2.43. The minimum absolute atomic E-state index is 0.905. The second-order valence-electron chi connectivity index (χ2n) is 14.8. The third-order valence-corrected chi connectivity index (χ3v) is 16.6. The van der Waals surface area contributed by atoms with Gasteiger partial charge in [0.15, 0.2) is 8.07 Å². The van der Waals surface area contributed by atoms with Crippen molar-refractivity contribution in [2.75, 3.05) is 4.90 Å². The Balaban J connectivity index is 1.15.